The minimum absolute atomic E-state index is 0.389. The molecule has 1 aliphatic rings. The highest BCUT2D eigenvalue weighted by Gasteiger charge is 2.26. The summed E-state index contributed by atoms with van der Waals surface area (Å²) in [4.78, 5) is 0. The Morgan fingerprint density at radius 3 is 2.93 bits per heavy atom. The largest absolute Gasteiger partial charge is 0.314 e. The summed E-state index contributed by atoms with van der Waals surface area (Å²) in [6, 6.07) is 0.389. The Bertz CT molecular complexity index is 331. The second-order valence-corrected chi connectivity index (χ2v) is 4.40. The van der Waals surface area contributed by atoms with Crippen LogP contribution in [0, 0.1) is 12.8 Å². The van der Waals surface area contributed by atoms with Crippen LogP contribution < -0.4 is 5.32 Å². The van der Waals surface area contributed by atoms with Crippen molar-refractivity contribution >= 4 is 0 Å². The zero-order valence-electron chi connectivity index (χ0n) is 9.82. The van der Waals surface area contributed by atoms with Gasteiger partial charge in [0.05, 0.1) is 6.04 Å². The van der Waals surface area contributed by atoms with E-state index in [1.54, 1.807) is 0 Å². The number of piperidine rings is 1. The molecule has 0 saturated carbocycles. The highest BCUT2D eigenvalue weighted by Crippen LogP contribution is 2.27. The van der Waals surface area contributed by atoms with Crippen LogP contribution >= 0.6 is 0 Å². The Morgan fingerprint density at radius 2 is 2.27 bits per heavy atom. The van der Waals surface area contributed by atoms with Gasteiger partial charge in [-0.3, -0.25) is 0 Å². The molecular weight excluding hydrogens is 188 g/mol. The Labute approximate surface area is 91.1 Å². The molecular formula is C11H20N4. The fourth-order valence-electron chi connectivity index (χ4n) is 2.41. The van der Waals surface area contributed by atoms with Gasteiger partial charge < -0.3 is 9.88 Å². The molecule has 2 heterocycles. The van der Waals surface area contributed by atoms with E-state index in [0.29, 0.717) is 12.0 Å². The molecule has 0 spiro atoms. The van der Waals surface area contributed by atoms with Crippen molar-refractivity contribution in [1.29, 1.82) is 0 Å². The fourth-order valence-corrected chi connectivity index (χ4v) is 2.41. The molecule has 1 aromatic heterocycles. The van der Waals surface area contributed by atoms with E-state index in [1.807, 2.05) is 6.92 Å². The number of hydrogen-bond donors (Lipinski definition) is 1. The molecule has 1 aliphatic heterocycles. The van der Waals surface area contributed by atoms with E-state index in [4.69, 9.17) is 0 Å². The van der Waals surface area contributed by atoms with Gasteiger partial charge in [-0.25, -0.2) is 0 Å². The van der Waals surface area contributed by atoms with Crippen molar-refractivity contribution in [2.45, 2.75) is 46.2 Å². The Morgan fingerprint density at radius 1 is 1.47 bits per heavy atom. The van der Waals surface area contributed by atoms with Gasteiger partial charge in [0.25, 0.3) is 0 Å². The first-order valence-corrected chi connectivity index (χ1v) is 5.87. The monoisotopic (exact) mass is 208 g/mol. The van der Waals surface area contributed by atoms with E-state index >= 15 is 0 Å². The first-order chi connectivity index (χ1) is 7.24. The molecule has 0 aromatic carbocycles. The molecule has 15 heavy (non-hydrogen) atoms. The zero-order chi connectivity index (χ0) is 10.8. The van der Waals surface area contributed by atoms with Gasteiger partial charge in [0.2, 0.25) is 0 Å². The summed E-state index contributed by atoms with van der Waals surface area (Å²) in [5.41, 5.74) is 0. The molecule has 1 N–H and O–H groups in total. The summed E-state index contributed by atoms with van der Waals surface area (Å²) in [5, 5.41) is 12.0. The van der Waals surface area contributed by atoms with Gasteiger partial charge in [-0.2, -0.15) is 0 Å². The lowest BCUT2D eigenvalue weighted by molar-refractivity contribution is 0.287. The molecule has 1 aromatic rings. The lowest BCUT2D eigenvalue weighted by Crippen LogP contribution is -2.34. The summed E-state index contributed by atoms with van der Waals surface area (Å²) in [7, 11) is 0. The van der Waals surface area contributed by atoms with E-state index in [9.17, 15) is 0 Å². The molecule has 0 amide bonds. The number of nitrogens with zero attached hydrogens (tertiary/aromatic N) is 3. The van der Waals surface area contributed by atoms with E-state index in [-0.39, 0.29) is 0 Å². The standard InChI is InChI=1S/C11H20N4/c1-4-15-9(3)13-14-11(15)10-8(2)6-5-7-12-10/h8,10,12H,4-7H2,1-3H3. The molecule has 2 rings (SSSR count). The maximum absolute atomic E-state index is 4.31. The normalized spacial score (nSPS) is 26.9. The lowest BCUT2D eigenvalue weighted by atomic mass is 9.92. The average Bonchev–Trinajstić information content (AvgIpc) is 2.60. The minimum atomic E-state index is 0.389. The molecule has 4 nitrogen and oxygen atoms in total. The van der Waals surface area contributed by atoms with Crippen LogP contribution in [0.15, 0.2) is 0 Å². The van der Waals surface area contributed by atoms with E-state index in [0.717, 1.165) is 24.7 Å². The van der Waals surface area contributed by atoms with Crippen LogP contribution in [-0.2, 0) is 6.54 Å². The van der Waals surface area contributed by atoms with Crippen molar-refractivity contribution in [2.75, 3.05) is 6.54 Å². The topological polar surface area (TPSA) is 42.7 Å². The smallest absolute Gasteiger partial charge is 0.150 e. The SMILES string of the molecule is CCn1c(C)nnc1C1NCCCC1C. The first kappa shape index (κ1) is 10.6. The third-order valence-corrected chi connectivity index (χ3v) is 3.33. The van der Waals surface area contributed by atoms with Crippen molar-refractivity contribution < 1.29 is 0 Å². The van der Waals surface area contributed by atoms with Gasteiger partial charge in [-0.15, -0.1) is 10.2 Å². The number of rotatable bonds is 2. The molecule has 4 heteroatoms. The van der Waals surface area contributed by atoms with Crippen molar-refractivity contribution in [3.63, 3.8) is 0 Å². The third kappa shape index (κ3) is 1.91. The van der Waals surface area contributed by atoms with Crippen molar-refractivity contribution in [3.8, 4) is 0 Å². The highest BCUT2D eigenvalue weighted by molar-refractivity contribution is 5.02. The van der Waals surface area contributed by atoms with E-state index < -0.39 is 0 Å². The van der Waals surface area contributed by atoms with Crippen molar-refractivity contribution in [3.05, 3.63) is 11.6 Å². The van der Waals surface area contributed by atoms with Gasteiger partial charge in [-0.1, -0.05) is 6.92 Å². The van der Waals surface area contributed by atoms with Crippen LogP contribution in [0.2, 0.25) is 0 Å². The van der Waals surface area contributed by atoms with Gasteiger partial charge in [0.15, 0.2) is 0 Å². The number of nitrogens with one attached hydrogen (secondary N) is 1. The van der Waals surface area contributed by atoms with Crippen LogP contribution in [-0.4, -0.2) is 21.3 Å². The molecule has 84 valence electrons. The molecule has 1 fully saturated rings. The maximum atomic E-state index is 4.31. The average molecular weight is 208 g/mol. The van der Waals surface area contributed by atoms with Gasteiger partial charge in [-0.05, 0) is 39.2 Å². The Balaban J connectivity index is 2.27. The Kier molecular flexibility index (Phi) is 3.05. The summed E-state index contributed by atoms with van der Waals surface area (Å²) in [6.07, 6.45) is 2.56. The predicted octanol–water partition coefficient (Wildman–Crippen LogP) is 1.67. The van der Waals surface area contributed by atoms with Crippen LogP contribution in [0.1, 0.15) is 44.4 Å². The van der Waals surface area contributed by atoms with Gasteiger partial charge in [0.1, 0.15) is 11.6 Å². The molecule has 2 unspecified atom stereocenters. The summed E-state index contributed by atoms with van der Waals surface area (Å²) in [5.74, 6) is 2.79. The zero-order valence-corrected chi connectivity index (χ0v) is 9.82. The quantitative estimate of drug-likeness (QED) is 0.804. The summed E-state index contributed by atoms with van der Waals surface area (Å²) >= 11 is 0. The first-order valence-electron chi connectivity index (χ1n) is 5.87. The molecule has 2 atom stereocenters. The van der Waals surface area contributed by atoms with Crippen LogP contribution in [0.4, 0.5) is 0 Å². The minimum Gasteiger partial charge on any atom is -0.314 e. The molecule has 0 aliphatic carbocycles. The predicted molar refractivity (Wildman–Crippen MR) is 59.6 cm³/mol. The van der Waals surface area contributed by atoms with Crippen molar-refractivity contribution in [2.24, 2.45) is 5.92 Å². The molecule has 1 saturated heterocycles. The maximum Gasteiger partial charge on any atom is 0.150 e. The van der Waals surface area contributed by atoms with E-state index in [2.05, 4.69) is 33.9 Å². The second kappa shape index (κ2) is 4.31. The lowest BCUT2D eigenvalue weighted by Gasteiger charge is -2.29. The third-order valence-electron chi connectivity index (χ3n) is 3.33. The van der Waals surface area contributed by atoms with Gasteiger partial charge >= 0.3 is 0 Å². The fraction of sp³-hybridized carbons (Fsp3) is 0.818. The number of aromatic nitrogens is 3. The number of hydrogen-bond acceptors (Lipinski definition) is 3. The Hall–Kier alpha value is -0.900. The summed E-state index contributed by atoms with van der Waals surface area (Å²) in [6.45, 7) is 8.52. The second-order valence-electron chi connectivity index (χ2n) is 4.40. The van der Waals surface area contributed by atoms with Gasteiger partial charge in [0, 0.05) is 6.54 Å². The van der Waals surface area contributed by atoms with Crippen molar-refractivity contribution in [1.82, 2.24) is 20.1 Å². The number of aryl methyl sites for hydroxylation is 1. The highest BCUT2D eigenvalue weighted by atomic mass is 15.3. The summed E-state index contributed by atoms with van der Waals surface area (Å²) < 4.78 is 2.21. The molecule has 0 bridgehead atoms. The van der Waals surface area contributed by atoms with E-state index in [1.165, 1.54) is 12.8 Å². The molecule has 0 radical (unpaired) electrons. The van der Waals surface area contributed by atoms with Crippen LogP contribution in [0.5, 0.6) is 0 Å². The van der Waals surface area contributed by atoms with Crippen LogP contribution in [0.25, 0.3) is 0 Å². The van der Waals surface area contributed by atoms with Crippen LogP contribution in [0.3, 0.4) is 0 Å².